The third-order valence-corrected chi connectivity index (χ3v) is 2.04. The molecule has 8 heteroatoms. The number of thiocarbonyl (C=S) groups is 1. The fraction of sp³-hybridized carbons (Fsp3) is 0.100. The molecule has 0 aliphatic carbocycles. The molecule has 0 aromatic heterocycles. The molecular formula is C10H7F3N4S. The van der Waals surface area contributed by atoms with Crippen LogP contribution in [0.1, 0.15) is 5.56 Å². The maximum atomic E-state index is 12.3. The largest absolute Gasteiger partial charge is 0.416 e. The van der Waals surface area contributed by atoms with Gasteiger partial charge in [0, 0.05) is 0 Å². The Hall–Kier alpha value is -2.14. The van der Waals surface area contributed by atoms with E-state index in [4.69, 9.17) is 11.0 Å². The third-order valence-electron chi connectivity index (χ3n) is 1.85. The van der Waals surface area contributed by atoms with Crippen LogP contribution in [0.4, 0.5) is 18.9 Å². The lowest BCUT2D eigenvalue weighted by Crippen LogP contribution is -2.20. The molecule has 0 amide bonds. The number of benzene rings is 1. The van der Waals surface area contributed by atoms with Gasteiger partial charge in [0.2, 0.25) is 0 Å². The first-order valence-corrected chi connectivity index (χ1v) is 4.96. The van der Waals surface area contributed by atoms with Crippen molar-refractivity contribution in [3.63, 3.8) is 0 Å². The summed E-state index contributed by atoms with van der Waals surface area (Å²) in [6.45, 7) is 0. The first-order valence-electron chi connectivity index (χ1n) is 4.55. The van der Waals surface area contributed by atoms with Gasteiger partial charge < -0.3 is 5.73 Å². The second kappa shape index (κ2) is 5.46. The normalized spacial score (nSPS) is 11.8. The molecule has 0 unspecified atom stereocenters. The minimum Gasteiger partial charge on any atom is -0.387 e. The van der Waals surface area contributed by atoms with Crippen molar-refractivity contribution in [1.82, 2.24) is 0 Å². The SMILES string of the molecule is N#C/C(=N\Nc1ccc(C(F)(F)F)cc1)C(N)=S. The van der Waals surface area contributed by atoms with Crippen LogP contribution in [0.2, 0.25) is 0 Å². The molecule has 0 atom stereocenters. The molecule has 0 aliphatic heterocycles. The second-order valence-corrected chi connectivity index (χ2v) is 3.56. The summed E-state index contributed by atoms with van der Waals surface area (Å²) in [5.41, 5.74) is 6.88. The quantitative estimate of drug-likeness (QED) is 0.503. The van der Waals surface area contributed by atoms with Gasteiger partial charge in [0.1, 0.15) is 11.1 Å². The Kier molecular flexibility index (Phi) is 4.23. The van der Waals surface area contributed by atoms with Crippen LogP contribution in [0.5, 0.6) is 0 Å². The highest BCUT2D eigenvalue weighted by atomic mass is 32.1. The molecule has 0 aliphatic rings. The highest BCUT2D eigenvalue weighted by molar-refractivity contribution is 7.82. The van der Waals surface area contributed by atoms with Crippen LogP contribution >= 0.6 is 12.2 Å². The molecular weight excluding hydrogens is 265 g/mol. The highest BCUT2D eigenvalue weighted by Crippen LogP contribution is 2.29. The number of alkyl halides is 3. The zero-order chi connectivity index (χ0) is 13.8. The summed E-state index contributed by atoms with van der Waals surface area (Å²) < 4.78 is 36.8. The summed E-state index contributed by atoms with van der Waals surface area (Å²) in [7, 11) is 0. The Balaban J connectivity index is 2.83. The fourth-order valence-electron chi connectivity index (χ4n) is 0.989. The number of halogens is 3. The van der Waals surface area contributed by atoms with Crippen molar-refractivity contribution in [2.75, 3.05) is 5.43 Å². The van der Waals surface area contributed by atoms with E-state index in [1.165, 1.54) is 12.1 Å². The van der Waals surface area contributed by atoms with E-state index in [2.05, 4.69) is 22.7 Å². The van der Waals surface area contributed by atoms with Gasteiger partial charge in [-0.15, -0.1) is 0 Å². The molecule has 3 N–H and O–H groups in total. The first kappa shape index (κ1) is 13.9. The number of hydrogen-bond acceptors (Lipinski definition) is 4. The van der Waals surface area contributed by atoms with Gasteiger partial charge >= 0.3 is 6.18 Å². The van der Waals surface area contributed by atoms with E-state index in [1.54, 1.807) is 6.07 Å². The molecule has 0 saturated carbocycles. The summed E-state index contributed by atoms with van der Waals surface area (Å²) in [5, 5.41) is 12.2. The number of hydrazone groups is 1. The first-order chi connectivity index (χ1) is 8.34. The zero-order valence-electron chi connectivity index (χ0n) is 8.82. The second-order valence-electron chi connectivity index (χ2n) is 3.12. The van der Waals surface area contributed by atoms with Crippen LogP contribution in [-0.2, 0) is 6.18 Å². The minimum absolute atomic E-state index is 0.197. The molecule has 4 nitrogen and oxygen atoms in total. The topological polar surface area (TPSA) is 74.2 Å². The van der Waals surface area contributed by atoms with Gasteiger partial charge in [0.05, 0.1) is 11.3 Å². The molecule has 18 heavy (non-hydrogen) atoms. The highest BCUT2D eigenvalue weighted by Gasteiger charge is 2.29. The Morgan fingerprint density at radius 2 is 1.89 bits per heavy atom. The smallest absolute Gasteiger partial charge is 0.387 e. The average Bonchev–Trinajstić information content (AvgIpc) is 2.29. The molecule has 0 radical (unpaired) electrons. The van der Waals surface area contributed by atoms with E-state index in [1.807, 2.05) is 0 Å². The van der Waals surface area contributed by atoms with Gasteiger partial charge in [0.25, 0.3) is 0 Å². The number of nitrogens with two attached hydrogens (primary N) is 1. The van der Waals surface area contributed by atoms with Gasteiger partial charge in [-0.2, -0.15) is 23.5 Å². The monoisotopic (exact) mass is 272 g/mol. The maximum absolute atomic E-state index is 12.3. The van der Waals surface area contributed by atoms with Crippen molar-refractivity contribution in [2.45, 2.75) is 6.18 Å². The number of hydrogen-bond donors (Lipinski definition) is 2. The number of anilines is 1. The fourth-order valence-corrected chi connectivity index (χ4v) is 1.08. The van der Waals surface area contributed by atoms with Crippen molar-refractivity contribution < 1.29 is 13.2 Å². The van der Waals surface area contributed by atoms with E-state index in [9.17, 15) is 13.2 Å². The molecule has 0 heterocycles. The molecule has 94 valence electrons. The van der Waals surface area contributed by atoms with E-state index in [0.717, 1.165) is 12.1 Å². The van der Waals surface area contributed by atoms with Gasteiger partial charge in [-0.1, -0.05) is 12.2 Å². The van der Waals surface area contributed by atoms with Gasteiger partial charge in [-0.25, -0.2) is 0 Å². The van der Waals surface area contributed by atoms with Crippen LogP contribution in [-0.4, -0.2) is 10.7 Å². The lowest BCUT2D eigenvalue weighted by Gasteiger charge is -2.07. The molecule has 0 saturated heterocycles. The number of nitrogens with one attached hydrogen (secondary N) is 1. The Labute approximate surface area is 106 Å². The Morgan fingerprint density at radius 1 is 1.33 bits per heavy atom. The van der Waals surface area contributed by atoms with E-state index in [-0.39, 0.29) is 16.4 Å². The van der Waals surface area contributed by atoms with Crippen molar-refractivity contribution in [1.29, 1.82) is 5.26 Å². The predicted molar refractivity (Wildman–Crippen MR) is 64.9 cm³/mol. The molecule has 0 fully saturated rings. The van der Waals surface area contributed by atoms with Gasteiger partial charge in [-0.05, 0) is 24.3 Å². The zero-order valence-corrected chi connectivity index (χ0v) is 9.64. The van der Waals surface area contributed by atoms with E-state index >= 15 is 0 Å². The summed E-state index contributed by atoms with van der Waals surface area (Å²) in [5.74, 6) is 0. The summed E-state index contributed by atoms with van der Waals surface area (Å²) >= 11 is 4.54. The van der Waals surface area contributed by atoms with E-state index < -0.39 is 11.7 Å². The molecule has 0 spiro atoms. The number of nitriles is 1. The Bertz CT molecular complexity index is 513. The van der Waals surface area contributed by atoms with Gasteiger partial charge in [0.15, 0.2) is 5.71 Å². The van der Waals surface area contributed by atoms with Crippen LogP contribution in [0, 0.1) is 11.3 Å². The van der Waals surface area contributed by atoms with Crippen LogP contribution in [0.25, 0.3) is 0 Å². The lowest BCUT2D eigenvalue weighted by molar-refractivity contribution is -0.137. The third kappa shape index (κ3) is 3.71. The maximum Gasteiger partial charge on any atom is 0.416 e. The average molecular weight is 272 g/mol. The minimum atomic E-state index is -4.39. The van der Waals surface area contributed by atoms with Crippen LogP contribution in [0.3, 0.4) is 0 Å². The number of nitrogens with zero attached hydrogens (tertiary/aromatic N) is 2. The van der Waals surface area contributed by atoms with Gasteiger partial charge in [-0.3, -0.25) is 5.43 Å². The molecule has 1 aromatic carbocycles. The molecule has 0 bridgehead atoms. The Morgan fingerprint density at radius 3 is 2.28 bits per heavy atom. The summed E-state index contributed by atoms with van der Waals surface area (Å²) in [6, 6.07) is 5.80. The molecule has 1 aromatic rings. The summed E-state index contributed by atoms with van der Waals surface area (Å²) in [6.07, 6.45) is -4.39. The van der Waals surface area contributed by atoms with E-state index in [0.29, 0.717) is 0 Å². The summed E-state index contributed by atoms with van der Waals surface area (Å²) in [4.78, 5) is -0.197. The standard InChI is InChI=1S/C10H7F3N4S/c11-10(12,13)6-1-3-7(4-2-6)16-17-8(5-14)9(15)18/h1-4,16H,(H2,15,18)/b17-8+. The van der Waals surface area contributed by atoms with Crippen molar-refractivity contribution >= 4 is 28.6 Å². The lowest BCUT2D eigenvalue weighted by atomic mass is 10.2. The number of rotatable bonds is 3. The predicted octanol–water partition coefficient (Wildman–Crippen LogP) is 2.28. The van der Waals surface area contributed by atoms with Crippen molar-refractivity contribution in [3.8, 4) is 6.07 Å². The van der Waals surface area contributed by atoms with Crippen molar-refractivity contribution in [2.24, 2.45) is 10.8 Å². The van der Waals surface area contributed by atoms with Crippen molar-refractivity contribution in [3.05, 3.63) is 29.8 Å². The molecule has 1 rings (SSSR count). The van der Waals surface area contributed by atoms with Crippen LogP contribution < -0.4 is 11.2 Å². The van der Waals surface area contributed by atoms with Crippen LogP contribution in [0.15, 0.2) is 29.4 Å².